The zero-order valence-electron chi connectivity index (χ0n) is 15.5. The van der Waals surface area contributed by atoms with Gasteiger partial charge in [-0.15, -0.1) is 0 Å². The van der Waals surface area contributed by atoms with Crippen molar-refractivity contribution in [2.24, 2.45) is 0 Å². The molecule has 1 aromatic carbocycles. The summed E-state index contributed by atoms with van der Waals surface area (Å²) in [7, 11) is 0. The first-order valence-electron chi connectivity index (χ1n) is 9.60. The van der Waals surface area contributed by atoms with E-state index < -0.39 is 0 Å². The molecule has 0 N–H and O–H groups in total. The lowest BCUT2D eigenvalue weighted by atomic mass is 10.1. The molecule has 0 aliphatic heterocycles. The molecule has 3 heteroatoms. The number of aromatic nitrogens is 1. The Balaban J connectivity index is 1.70. The molecule has 0 unspecified atom stereocenters. The zero-order valence-corrected chi connectivity index (χ0v) is 15.5. The van der Waals surface area contributed by atoms with E-state index >= 15 is 0 Å². The molecule has 1 aliphatic carbocycles. The summed E-state index contributed by atoms with van der Waals surface area (Å²) in [6.45, 7) is 5.91. The zero-order chi connectivity index (χ0) is 17.5. The molecule has 3 nitrogen and oxygen atoms in total. The number of allylic oxidation sites excluding steroid dienone is 1. The van der Waals surface area contributed by atoms with E-state index in [-0.39, 0.29) is 0 Å². The van der Waals surface area contributed by atoms with Gasteiger partial charge in [-0.2, -0.15) is 0 Å². The van der Waals surface area contributed by atoms with Crippen molar-refractivity contribution in [3.05, 3.63) is 41.6 Å². The maximum Gasteiger partial charge on any atom is 0.133 e. The van der Waals surface area contributed by atoms with Crippen LogP contribution in [0.3, 0.4) is 0 Å². The van der Waals surface area contributed by atoms with Crippen LogP contribution in [0.1, 0.15) is 56.7 Å². The lowest BCUT2D eigenvalue weighted by Gasteiger charge is -2.14. The summed E-state index contributed by atoms with van der Waals surface area (Å²) in [6.07, 6.45) is 11.7. The lowest BCUT2D eigenvalue weighted by Crippen LogP contribution is -2.02. The van der Waals surface area contributed by atoms with Gasteiger partial charge in [0.05, 0.1) is 23.9 Å². The largest absolute Gasteiger partial charge is 0.493 e. The van der Waals surface area contributed by atoms with Gasteiger partial charge in [0.2, 0.25) is 0 Å². The van der Waals surface area contributed by atoms with Crippen LogP contribution in [0.25, 0.3) is 17.0 Å². The Morgan fingerprint density at radius 3 is 2.80 bits per heavy atom. The second-order valence-electron chi connectivity index (χ2n) is 6.79. The van der Waals surface area contributed by atoms with Crippen LogP contribution >= 0.6 is 0 Å². The Kier molecular flexibility index (Phi) is 6.46. The van der Waals surface area contributed by atoms with E-state index in [9.17, 15) is 0 Å². The molecule has 0 amide bonds. The topological polar surface area (TPSA) is 31.4 Å². The maximum atomic E-state index is 6.12. The number of hydrogen-bond acceptors (Lipinski definition) is 3. The summed E-state index contributed by atoms with van der Waals surface area (Å²) in [5, 5.41) is 1.10. The van der Waals surface area contributed by atoms with Crippen LogP contribution in [0.2, 0.25) is 0 Å². The van der Waals surface area contributed by atoms with E-state index in [1.807, 2.05) is 12.1 Å². The van der Waals surface area contributed by atoms with E-state index in [0.29, 0.717) is 6.10 Å². The molecule has 0 atom stereocenters. The molecule has 25 heavy (non-hydrogen) atoms. The molecule has 0 saturated heterocycles. The average Bonchev–Trinajstić information content (AvgIpc) is 3.45. The van der Waals surface area contributed by atoms with Crippen LogP contribution in [0.15, 0.2) is 30.3 Å². The summed E-state index contributed by atoms with van der Waals surface area (Å²) in [5.74, 6) is 0.982. The molecule has 0 bridgehead atoms. The number of rotatable bonds is 10. The number of unbranched alkanes of at least 4 members (excludes halogenated alkanes) is 2. The van der Waals surface area contributed by atoms with Crippen LogP contribution in [0.4, 0.5) is 0 Å². The number of fused-ring (bicyclic) bond motifs is 1. The van der Waals surface area contributed by atoms with Crippen molar-refractivity contribution < 1.29 is 9.47 Å². The van der Waals surface area contributed by atoms with Gasteiger partial charge in [-0.05, 0) is 57.2 Å². The molecular formula is C22H29NO2. The van der Waals surface area contributed by atoms with Crippen LogP contribution in [0, 0.1) is 6.92 Å². The summed E-state index contributed by atoms with van der Waals surface area (Å²) < 4.78 is 11.8. The minimum absolute atomic E-state index is 0.552. The van der Waals surface area contributed by atoms with Gasteiger partial charge in [0.1, 0.15) is 5.75 Å². The van der Waals surface area contributed by atoms with E-state index in [4.69, 9.17) is 14.5 Å². The number of hydrogen-bond donors (Lipinski definition) is 0. The molecule has 1 heterocycles. The highest BCUT2D eigenvalue weighted by molar-refractivity contribution is 5.88. The van der Waals surface area contributed by atoms with Gasteiger partial charge in [-0.1, -0.05) is 31.6 Å². The van der Waals surface area contributed by atoms with Crippen LogP contribution in [-0.4, -0.2) is 24.3 Å². The van der Waals surface area contributed by atoms with Gasteiger partial charge in [-0.25, -0.2) is 4.98 Å². The highest BCUT2D eigenvalue weighted by atomic mass is 16.5. The number of nitrogens with zero attached hydrogens (tertiary/aromatic N) is 1. The molecule has 1 aromatic heterocycles. The van der Waals surface area contributed by atoms with E-state index in [0.717, 1.165) is 66.8 Å². The fraction of sp³-hybridized carbons (Fsp3) is 0.500. The van der Waals surface area contributed by atoms with Gasteiger partial charge in [0.25, 0.3) is 0 Å². The van der Waals surface area contributed by atoms with Crippen LogP contribution in [0.5, 0.6) is 5.75 Å². The maximum absolute atomic E-state index is 6.12. The van der Waals surface area contributed by atoms with Gasteiger partial charge >= 0.3 is 0 Å². The molecule has 0 spiro atoms. The Hall–Kier alpha value is -1.87. The molecule has 134 valence electrons. The fourth-order valence-corrected chi connectivity index (χ4v) is 2.84. The first kappa shape index (κ1) is 17.9. The Morgan fingerprint density at radius 2 is 2.00 bits per heavy atom. The van der Waals surface area contributed by atoms with Crippen molar-refractivity contribution in [3.8, 4) is 5.75 Å². The SMILES string of the molecule is CCCCOc1c(C)c(/C=C/CCCOC2CC2)nc2ccccc12. The Morgan fingerprint density at radius 1 is 1.16 bits per heavy atom. The third kappa shape index (κ3) is 5.05. The number of pyridine rings is 1. The normalized spacial score (nSPS) is 14.5. The van der Waals surface area contributed by atoms with Crippen molar-refractivity contribution >= 4 is 17.0 Å². The number of para-hydroxylation sites is 1. The molecule has 3 rings (SSSR count). The quantitative estimate of drug-likeness (QED) is 0.521. The van der Waals surface area contributed by atoms with Crippen molar-refractivity contribution in [2.45, 2.75) is 58.5 Å². The van der Waals surface area contributed by atoms with Crippen LogP contribution < -0.4 is 4.74 Å². The fourth-order valence-electron chi connectivity index (χ4n) is 2.84. The monoisotopic (exact) mass is 339 g/mol. The number of ether oxygens (including phenoxy) is 2. The summed E-state index contributed by atoms with van der Waals surface area (Å²) in [5.41, 5.74) is 3.13. The van der Waals surface area contributed by atoms with Gasteiger partial charge in [-0.3, -0.25) is 0 Å². The van der Waals surface area contributed by atoms with Crippen LogP contribution in [-0.2, 0) is 4.74 Å². The van der Waals surface area contributed by atoms with Crippen molar-refractivity contribution in [1.82, 2.24) is 4.98 Å². The molecule has 0 radical (unpaired) electrons. The third-order valence-electron chi connectivity index (χ3n) is 4.53. The predicted octanol–water partition coefficient (Wildman–Crippen LogP) is 5.69. The molecule has 1 saturated carbocycles. The van der Waals surface area contributed by atoms with E-state index in [1.165, 1.54) is 12.8 Å². The first-order valence-corrected chi connectivity index (χ1v) is 9.60. The summed E-state index contributed by atoms with van der Waals surface area (Å²) >= 11 is 0. The van der Waals surface area contributed by atoms with Crippen molar-refractivity contribution in [1.29, 1.82) is 0 Å². The summed E-state index contributed by atoms with van der Waals surface area (Å²) in [4.78, 5) is 4.82. The second kappa shape index (κ2) is 9.00. The minimum Gasteiger partial charge on any atom is -0.493 e. The molecule has 1 fully saturated rings. The van der Waals surface area contributed by atoms with Crippen molar-refractivity contribution in [3.63, 3.8) is 0 Å². The molecular weight excluding hydrogens is 310 g/mol. The Labute approximate surface area is 151 Å². The minimum atomic E-state index is 0.552. The summed E-state index contributed by atoms with van der Waals surface area (Å²) in [6, 6.07) is 8.23. The second-order valence-corrected chi connectivity index (χ2v) is 6.79. The molecule has 2 aromatic rings. The highest BCUT2D eigenvalue weighted by Gasteiger charge is 2.21. The standard InChI is InChI=1S/C22H29NO2/c1-3-4-15-25-22-17(2)20(23-21-12-8-7-10-19(21)22)11-6-5-9-16-24-18-13-14-18/h6-8,10-12,18H,3-5,9,13-16H2,1-2H3/b11-6+. The van der Waals surface area contributed by atoms with E-state index in [1.54, 1.807) is 0 Å². The number of benzene rings is 1. The smallest absolute Gasteiger partial charge is 0.133 e. The van der Waals surface area contributed by atoms with Crippen molar-refractivity contribution in [2.75, 3.05) is 13.2 Å². The average molecular weight is 339 g/mol. The Bertz CT molecular complexity index is 719. The van der Waals surface area contributed by atoms with E-state index in [2.05, 4.69) is 38.1 Å². The highest BCUT2D eigenvalue weighted by Crippen LogP contribution is 2.31. The van der Waals surface area contributed by atoms with Gasteiger partial charge < -0.3 is 9.47 Å². The lowest BCUT2D eigenvalue weighted by molar-refractivity contribution is 0.118. The first-order chi connectivity index (χ1) is 12.3. The van der Waals surface area contributed by atoms with Gasteiger partial charge in [0.15, 0.2) is 0 Å². The molecule has 1 aliphatic rings. The third-order valence-corrected chi connectivity index (χ3v) is 4.53. The predicted molar refractivity (Wildman–Crippen MR) is 104 cm³/mol. The van der Waals surface area contributed by atoms with Gasteiger partial charge in [0, 0.05) is 17.6 Å².